The van der Waals surface area contributed by atoms with Gasteiger partial charge in [-0.15, -0.1) is 11.3 Å². The molecule has 0 aromatic carbocycles. The van der Waals surface area contributed by atoms with Crippen LogP contribution in [0.15, 0.2) is 24.5 Å². The maximum atomic E-state index is 8.74. The Kier molecular flexibility index (Phi) is 3.99. The molecule has 0 radical (unpaired) electrons. The summed E-state index contributed by atoms with van der Waals surface area (Å²) in [6.07, 6.45) is 3.52. The van der Waals surface area contributed by atoms with Crippen molar-refractivity contribution < 1.29 is 0 Å². The Morgan fingerprint density at radius 1 is 1.38 bits per heavy atom. The lowest BCUT2D eigenvalue weighted by atomic mass is 10.1. The van der Waals surface area contributed by atoms with Crippen molar-refractivity contribution in [3.8, 4) is 6.07 Å². The summed E-state index contributed by atoms with van der Waals surface area (Å²) in [6, 6.07) is 6.12. The second kappa shape index (κ2) is 6.08. The first kappa shape index (κ1) is 13.8. The van der Waals surface area contributed by atoms with Gasteiger partial charge in [0.25, 0.3) is 0 Å². The first-order chi connectivity index (χ1) is 10.3. The van der Waals surface area contributed by atoms with Gasteiger partial charge >= 0.3 is 0 Å². The molecule has 1 aliphatic rings. The maximum Gasteiger partial charge on any atom is 0.182 e. The number of rotatable bonds is 5. The van der Waals surface area contributed by atoms with Crippen molar-refractivity contribution >= 4 is 22.3 Å². The molecular weight excluding hydrogens is 284 g/mol. The smallest absolute Gasteiger partial charge is 0.182 e. The van der Waals surface area contributed by atoms with Gasteiger partial charge in [-0.3, -0.25) is 4.90 Å². The Hall–Kier alpha value is -2.17. The summed E-state index contributed by atoms with van der Waals surface area (Å²) < 4.78 is 0. The van der Waals surface area contributed by atoms with Crippen LogP contribution in [0.4, 0.5) is 10.9 Å². The van der Waals surface area contributed by atoms with Gasteiger partial charge in [-0.25, -0.2) is 9.97 Å². The molecule has 1 aliphatic heterocycles. The minimum atomic E-state index is 0.419. The van der Waals surface area contributed by atoms with Crippen LogP contribution in [0.1, 0.15) is 10.4 Å². The number of likely N-dealkylation sites (tertiary alicyclic amines) is 1. The fraction of sp³-hybridized carbons (Fsp3) is 0.357. The third kappa shape index (κ3) is 3.29. The average molecular weight is 300 g/mol. The molecule has 108 valence electrons. The first-order valence-corrected chi connectivity index (χ1v) is 7.56. The standard InChI is InChI=1S/C14H16N6S/c1-16-14-18-6-12(21-14)9-20-7-11(8-20)19-13-3-2-10(4-15)5-17-13/h2-3,5-6,11H,7-9H2,1H3,(H,16,18)(H,17,19). The van der Waals surface area contributed by atoms with Crippen molar-refractivity contribution in [1.29, 1.82) is 5.26 Å². The van der Waals surface area contributed by atoms with Gasteiger partial charge in [-0.05, 0) is 12.1 Å². The van der Waals surface area contributed by atoms with Crippen molar-refractivity contribution in [2.45, 2.75) is 12.6 Å². The lowest BCUT2D eigenvalue weighted by Crippen LogP contribution is -2.54. The normalized spacial score (nSPS) is 15.2. The zero-order valence-corrected chi connectivity index (χ0v) is 12.5. The third-order valence-corrected chi connectivity index (χ3v) is 4.35. The van der Waals surface area contributed by atoms with Crippen molar-refractivity contribution in [2.75, 3.05) is 30.8 Å². The molecule has 2 aromatic heterocycles. The van der Waals surface area contributed by atoms with Crippen molar-refractivity contribution in [1.82, 2.24) is 14.9 Å². The van der Waals surface area contributed by atoms with Crippen LogP contribution in [0, 0.1) is 11.3 Å². The van der Waals surface area contributed by atoms with Crippen molar-refractivity contribution in [3.05, 3.63) is 35.0 Å². The molecule has 0 unspecified atom stereocenters. The van der Waals surface area contributed by atoms with Crippen LogP contribution >= 0.6 is 11.3 Å². The van der Waals surface area contributed by atoms with E-state index < -0.39 is 0 Å². The number of anilines is 2. The van der Waals surface area contributed by atoms with Gasteiger partial charge in [0.15, 0.2) is 5.13 Å². The number of nitrogens with zero attached hydrogens (tertiary/aromatic N) is 4. The van der Waals surface area contributed by atoms with Gasteiger partial charge in [0, 0.05) is 44.0 Å². The molecule has 1 fully saturated rings. The second-order valence-electron chi connectivity index (χ2n) is 4.96. The first-order valence-electron chi connectivity index (χ1n) is 6.74. The van der Waals surface area contributed by atoms with Crippen LogP contribution in [0.3, 0.4) is 0 Å². The van der Waals surface area contributed by atoms with Crippen LogP contribution in [0.5, 0.6) is 0 Å². The Bertz CT molecular complexity index is 638. The SMILES string of the molecule is CNc1ncc(CN2CC(Nc3ccc(C#N)cn3)C2)s1. The molecule has 2 N–H and O–H groups in total. The summed E-state index contributed by atoms with van der Waals surface area (Å²) in [5.41, 5.74) is 0.585. The summed E-state index contributed by atoms with van der Waals surface area (Å²) in [5.74, 6) is 0.828. The zero-order chi connectivity index (χ0) is 14.7. The Labute approximate surface area is 127 Å². The van der Waals surface area contributed by atoms with Crippen LogP contribution in [-0.2, 0) is 6.54 Å². The van der Waals surface area contributed by atoms with E-state index >= 15 is 0 Å². The molecule has 0 saturated carbocycles. The topological polar surface area (TPSA) is 76.9 Å². The van der Waals surface area contributed by atoms with Crippen LogP contribution in [0.2, 0.25) is 0 Å². The molecule has 0 bridgehead atoms. The fourth-order valence-corrected chi connectivity index (χ4v) is 3.07. The molecule has 2 aromatic rings. The highest BCUT2D eigenvalue weighted by Crippen LogP contribution is 2.22. The van der Waals surface area contributed by atoms with Crippen molar-refractivity contribution in [2.24, 2.45) is 0 Å². The number of aromatic nitrogens is 2. The monoisotopic (exact) mass is 300 g/mol. The molecule has 3 heterocycles. The van der Waals surface area contributed by atoms with Gasteiger partial charge in [-0.2, -0.15) is 5.26 Å². The number of nitriles is 1. The predicted molar refractivity (Wildman–Crippen MR) is 83.3 cm³/mol. The lowest BCUT2D eigenvalue weighted by molar-refractivity contribution is 0.154. The largest absolute Gasteiger partial charge is 0.365 e. The minimum Gasteiger partial charge on any atom is -0.365 e. The number of hydrogen-bond donors (Lipinski definition) is 2. The Balaban J connectivity index is 1.46. The van der Waals surface area contributed by atoms with Gasteiger partial charge in [-0.1, -0.05) is 0 Å². The molecule has 0 spiro atoms. The minimum absolute atomic E-state index is 0.419. The Morgan fingerprint density at radius 2 is 2.24 bits per heavy atom. The number of nitrogens with one attached hydrogen (secondary N) is 2. The zero-order valence-electron chi connectivity index (χ0n) is 11.7. The molecule has 0 atom stereocenters. The molecule has 0 aliphatic carbocycles. The van der Waals surface area contributed by atoms with E-state index in [-0.39, 0.29) is 0 Å². The summed E-state index contributed by atoms with van der Waals surface area (Å²) in [5, 5.41) is 16.1. The van der Waals surface area contributed by atoms with E-state index in [1.165, 1.54) is 4.88 Å². The summed E-state index contributed by atoms with van der Waals surface area (Å²) >= 11 is 1.69. The van der Waals surface area contributed by atoms with E-state index in [4.69, 9.17) is 5.26 Å². The predicted octanol–water partition coefficient (Wildman–Crippen LogP) is 1.75. The van der Waals surface area contributed by atoms with E-state index in [1.54, 1.807) is 23.6 Å². The van der Waals surface area contributed by atoms with E-state index in [2.05, 4.69) is 31.6 Å². The molecule has 0 amide bonds. The number of pyridine rings is 1. The van der Waals surface area contributed by atoms with Gasteiger partial charge in [0.2, 0.25) is 0 Å². The highest BCUT2D eigenvalue weighted by Gasteiger charge is 2.27. The van der Waals surface area contributed by atoms with Gasteiger partial charge < -0.3 is 10.6 Å². The van der Waals surface area contributed by atoms with E-state index in [0.717, 1.165) is 30.6 Å². The number of hydrogen-bond acceptors (Lipinski definition) is 7. The summed E-state index contributed by atoms with van der Waals surface area (Å²) in [4.78, 5) is 12.1. The van der Waals surface area contributed by atoms with Gasteiger partial charge in [0.1, 0.15) is 11.9 Å². The van der Waals surface area contributed by atoms with E-state index in [0.29, 0.717) is 11.6 Å². The van der Waals surface area contributed by atoms with E-state index in [9.17, 15) is 0 Å². The summed E-state index contributed by atoms with van der Waals surface area (Å²) in [7, 11) is 1.89. The molecule has 1 saturated heterocycles. The maximum absolute atomic E-state index is 8.74. The molecule has 3 rings (SSSR count). The van der Waals surface area contributed by atoms with Crippen LogP contribution in [-0.4, -0.2) is 41.0 Å². The second-order valence-corrected chi connectivity index (χ2v) is 6.08. The van der Waals surface area contributed by atoms with Crippen molar-refractivity contribution in [3.63, 3.8) is 0 Å². The average Bonchev–Trinajstić information content (AvgIpc) is 2.93. The molecule has 21 heavy (non-hydrogen) atoms. The van der Waals surface area contributed by atoms with E-state index in [1.807, 2.05) is 19.3 Å². The molecule has 7 heteroatoms. The molecular formula is C14H16N6S. The van der Waals surface area contributed by atoms with Crippen LogP contribution < -0.4 is 10.6 Å². The quantitative estimate of drug-likeness (QED) is 0.876. The van der Waals surface area contributed by atoms with Gasteiger partial charge in [0.05, 0.1) is 11.6 Å². The number of thiazole rings is 1. The fourth-order valence-electron chi connectivity index (χ4n) is 2.26. The Morgan fingerprint density at radius 3 is 2.86 bits per heavy atom. The lowest BCUT2D eigenvalue weighted by Gasteiger charge is -2.39. The van der Waals surface area contributed by atoms with Crippen LogP contribution in [0.25, 0.3) is 0 Å². The third-order valence-electron chi connectivity index (χ3n) is 3.35. The highest BCUT2D eigenvalue weighted by molar-refractivity contribution is 7.15. The summed E-state index contributed by atoms with van der Waals surface area (Å²) in [6.45, 7) is 2.93. The molecule has 6 nitrogen and oxygen atoms in total. The highest BCUT2D eigenvalue weighted by atomic mass is 32.1.